The van der Waals surface area contributed by atoms with Crippen molar-refractivity contribution < 1.29 is 4.79 Å². The van der Waals surface area contributed by atoms with E-state index < -0.39 is 6.04 Å². The predicted octanol–water partition coefficient (Wildman–Crippen LogP) is 0.0360. The minimum absolute atomic E-state index is 0.0782. The molecule has 4 heteroatoms. The van der Waals surface area contributed by atoms with Crippen molar-refractivity contribution in [3.63, 3.8) is 0 Å². The SMILES string of the molecule is CC(C)C(CN(C)C)NC(=O)[C@H](C)N. The van der Waals surface area contributed by atoms with E-state index in [1.807, 2.05) is 14.1 Å². The van der Waals surface area contributed by atoms with Crippen molar-refractivity contribution in [3.05, 3.63) is 0 Å². The molecule has 0 bridgehead atoms. The molecule has 0 rings (SSSR count). The summed E-state index contributed by atoms with van der Waals surface area (Å²) in [5.74, 6) is 0.339. The number of nitrogens with two attached hydrogens (primary N) is 1. The van der Waals surface area contributed by atoms with Gasteiger partial charge >= 0.3 is 0 Å². The van der Waals surface area contributed by atoms with Crippen LogP contribution in [0.4, 0.5) is 0 Å². The number of likely N-dealkylation sites (N-methyl/N-ethyl adjacent to an activating group) is 1. The van der Waals surface area contributed by atoms with Gasteiger partial charge in [0.05, 0.1) is 6.04 Å². The van der Waals surface area contributed by atoms with Crippen molar-refractivity contribution in [2.24, 2.45) is 11.7 Å². The summed E-state index contributed by atoms with van der Waals surface area (Å²) in [6.45, 7) is 6.73. The zero-order valence-corrected chi connectivity index (χ0v) is 9.87. The Hall–Kier alpha value is -0.610. The Morgan fingerprint density at radius 3 is 2.14 bits per heavy atom. The van der Waals surface area contributed by atoms with Crippen LogP contribution in [0.15, 0.2) is 0 Å². The number of amides is 1. The lowest BCUT2D eigenvalue weighted by Crippen LogP contribution is -2.49. The van der Waals surface area contributed by atoms with E-state index in [1.54, 1.807) is 6.92 Å². The van der Waals surface area contributed by atoms with Crippen LogP contribution >= 0.6 is 0 Å². The van der Waals surface area contributed by atoms with E-state index in [-0.39, 0.29) is 11.9 Å². The van der Waals surface area contributed by atoms with Gasteiger partial charge in [0.2, 0.25) is 5.91 Å². The second-order valence-corrected chi connectivity index (χ2v) is 4.41. The number of rotatable bonds is 5. The number of hydrogen-bond acceptors (Lipinski definition) is 3. The molecule has 0 saturated carbocycles. The topological polar surface area (TPSA) is 58.4 Å². The van der Waals surface area contributed by atoms with Crippen molar-refractivity contribution in [3.8, 4) is 0 Å². The maximum atomic E-state index is 11.4. The summed E-state index contributed by atoms with van der Waals surface area (Å²) in [6.07, 6.45) is 0. The minimum Gasteiger partial charge on any atom is -0.350 e. The molecular weight excluding hydrogens is 178 g/mol. The molecule has 0 fully saturated rings. The number of carbonyl (C=O) groups is 1. The van der Waals surface area contributed by atoms with E-state index in [9.17, 15) is 4.79 Å². The minimum atomic E-state index is -0.432. The van der Waals surface area contributed by atoms with Crippen molar-refractivity contribution in [2.45, 2.75) is 32.9 Å². The van der Waals surface area contributed by atoms with E-state index >= 15 is 0 Å². The molecule has 2 atom stereocenters. The average molecular weight is 201 g/mol. The second kappa shape index (κ2) is 5.98. The lowest BCUT2D eigenvalue weighted by atomic mass is 10.0. The number of carbonyl (C=O) groups excluding carboxylic acids is 1. The number of hydrogen-bond donors (Lipinski definition) is 2. The fourth-order valence-corrected chi connectivity index (χ4v) is 1.13. The molecule has 0 aromatic heterocycles. The summed E-state index contributed by atoms with van der Waals surface area (Å²) >= 11 is 0. The van der Waals surface area contributed by atoms with Gasteiger partial charge in [0.25, 0.3) is 0 Å². The van der Waals surface area contributed by atoms with Crippen molar-refractivity contribution >= 4 is 5.91 Å². The zero-order chi connectivity index (χ0) is 11.3. The third-order valence-electron chi connectivity index (χ3n) is 2.11. The van der Waals surface area contributed by atoms with Gasteiger partial charge < -0.3 is 16.0 Å². The van der Waals surface area contributed by atoms with Gasteiger partial charge in [-0.05, 0) is 26.9 Å². The summed E-state index contributed by atoms with van der Waals surface area (Å²) < 4.78 is 0. The quantitative estimate of drug-likeness (QED) is 0.660. The van der Waals surface area contributed by atoms with Crippen molar-refractivity contribution in [1.82, 2.24) is 10.2 Å². The third-order valence-corrected chi connectivity index (χ3v) is 2.11. The van der Waals surface area contributed by atoms with E-state index in [1.165, 1.54) is 0 Å². The monoisotopic (exact) mass is 201 g/mol. The van der Waals surface area contributed by atoms with Crippen LogP contribution in [-0.4, -0.2) is 43.5 Å². The van der Waals surface area contributed by atoms with Crippen LogP contribution in [0.2, 0.25) is 0 Å². The highest BCUT2D eigenvalue weighted by Crippen LogP contribution is 2.02. The van der Waals surface area contributed by atoms with E-state index in [0.717, 1.165) is 6.54 Å². The molecule has 0 aliphatic heterocycles. The molecule has 1 amide bonds. The molecular formula is C10H23N3O. The molecule has 3 N–H and O–H groups in total. The van der Waals surface area contributed by atoms with Crippen molar-refractivity contribution in [1.29, 1.82) is 0 Å². The maximum Gasteiger partial charge on any atom is 0.236 e. The molecule has 84 valence electrons. The Kier molecular flexibility index (Phi) is 5.72. The summed E-state index contributed by atoms with van der Waals surface area (Å²) in [7, 11) is 3.99. The van der Waals surface area contributed by atoms with Crippen LogP contribution in [0.25, 0.3) is 0 Å². The molecule has 0 radical (unpaired) electrons. The summed E-state index contributed by atoms with van der Waals surface area (Å²) in [5.41, 5.74) is 5.49. The van der Waals surface area contributed by atoms with Crippen LogP contribution in [0, 0.1) is 5.92 Å². The van der Waals surface area contributed by atoms with E-state index in [4.69, 9.17) is 5.73 Å². The summed E-state index contributed by atoms with van der Waals surface area (Å²) in [6, 6.07) is -0.262. The number of nitrogens with one attached hydrogen (secondary N) is 1. The van der Waals surface area contributed by atoms with Crippen LogP contribution in [0.1, 0.15) is 20.8 Å². The Balaban J connectivity index is 4.16. The molecule has 0 saturated heterocycles. The Labute approximate surface area is 86.8 Å². The molecule has 0 heterocycles. The molecule has 14 heavy (non-hydrogen) atoms. The lowest BCUT2D eigenvalue weighted by Gasteiger charge is -2.26. The summed E-state index contributed by atoms with van der Waals surface area (Å²) in [4.78, 5) is 13.4. The van der Waals surface area contributed by atoms with Gasteiger partial charge in [0.1, 0.15) is 0 Å². The van der Waals surface area contributed by atoms with Gasteiger partial charge in [0, 0.05) is 12.6 Å². The Morgan fingerprint density at radius 2 is 1.86 bits per heavy atom. The van der Waals surface area contributed by atoms with Gasteiger partial charge in [-0.2, -0.15) is 0 Å². The first-order valence-corrected chi connectivity index (χ1v) is 5.05. The number of nitrogens with zero attached hydrogens (tertiary/aromatic N) is 1. The van der Waals surface area contributed by atoms with Gasteiger partial charge in [-0.15, -0.1) is 0 Å². The standard InChI is InChI=1S/C10H23N3O/c1-7(2)9(6-13(4)5)12-10(14)8(3)11/h7-9H,6,11H2,1-5H3,(H,12,14)/t8-,9?/m0/s1. The van der Waals surface area contributed by atoms with E-state index in [2.05, 4.69) is 24.1 Å². The molecule has 0 aromatic carbocycles. The highest BCUT2D eigenvalue weighted by Gasteiger charge is 2.18. The van der Waals surface area contributed by atoms with Gasteiger partial charge in [-0.1, -0.05) is 13.8 Å². The van der Waals surface area contributed by atoms with Crippen LogP contribution < -0.4 is 11.1 Å². The largest absolute Gasteiger partial charge is 0.350 e. The fraction of sp³-hybridized carbons (Fsp3) is 0.900. The predicted molar refractivity (Wildman–Crippen MR) is 59.0 cm³/mol. The fourth-order valence-electron chi connectivity index (χ4n) is 1.13. The maximum absolute atomic E-state index is 11.4. The summed E-state index contributed by atoms with van der Waals surface area (Å²) in [5, 5.41) is 2.94. The molecule has 4 nitrogen and oxygen atoms in total. The van der Waals surface area contributed by atoms with Gasteiger partial charge in [-0.25, -0.2) is 0 Å². The lowest BCUT2D eigenvalue weighted by molar-refractivity contribution is -0.123. The zero-order valence-electron chi connectivity index (χ0n) is 9.87. The molecule has 0 aliphatic rings. The Bertz CT molecular complexity index is 178. The normalized spacial score (nSPS) is 15.7. The smallest absolute Gasteiger partial charge is 0.236 e. The molecule has 1 unspecified atom stereocenters. The Morgan fingerprint density at radius 1 is 1.36 bits per heavy atom. The highest BCUT2D eigenvalue weighted by molar-refractivity contribution is 5.81. The highest BCUT2D eigenvalue weighted by atomic mass is 16.2. The first-order chi connectivity index (χ1) is 6.34. The third kappa shape index (κ3) is 5.19. The van der Waals surface area contributed by atoms with Crippen molar-refractivity contribution in [2.75, 3.05) is 20.6 Å². The molecule has 0 aliphatic carbocycles. The van der Waals surface area contributed by atoms with Crippen LogP contribution in [-0.2, 0) is 4.79 Å². The van der Waals surface area contributed by atoms with Crippen LogP contribution in [0.5, 0.6) is 0 Å². The first-order valence-electron chi connectivity index (χ1n) is 5.05. The van der Waals surface area contributed by atoms with Gasteiger partial charge in [-0.3, -0.25) is 4.79 Å². The average Bonchev–Trinajstić information content (AvgIpc) is 2.01. The molecule has 0 aromatic rings. The second-order valence-electron chi connectivity index (χ2n) is 4.41. The van der Waals surface area contributed by atoms with Crippen LogP contribution in [0.3, 0.4) is 0 Å². The van der Waals surface area contributed by atoms with E-state index in [0.29, 0.717) is 5.92 Å². The molecule has 0 spiro atoms. The van der Waals surface area contributed by atoms with Gasteiger partial charge in [0.15, 0.2) is 0 Å². The first kappa shape index (κ1) is 13.4.